The Kier molecular flexibility index (Phi) is 5.10. The number of hydrogen-bond donors (Lipinski definition) is 1. The van der Waals surface area contributed by atoms with Crippen LogP contribution >= 0.6 is 15.9 Å². The molecule has 1 aromatic carbocycles. The van der Waals surface area contributed by atoms with Crippen LogP contribution < -0.4 is 5.32 Å². The van der Waals surface area contributed by atoms with Crippen LogP contribution in [0.5, 0.6) is 0 Å². The molecule has 9 heteroatoms. The van der Waals surface area contributed by atoms with Crippen LogP contribution in [0.4, 0.5) is 4.39 Å². The molecule has 6 nitrogen and oxygen atoms in total. The number of ether oxygens (including phenoxy) is 1. The summed E-state index contributed by atoms with van der Waals surface area (Å²) < 4.78 is 41.7. The summed E-state index contributed by atoms with van der Waals surface area (Å²) in [5, 5.41) is 2.55. The molecule has 1 aliphatic rings. The van der Waals surface area contributed by atoms with Crippen LogP contribution in [-0.2, 0) is 19.4 Å². The minimum absolute atomic E-state index is 0.00677. The van der Waals surface area contributed by atoms with Crippen molar-refractivity contribution in [3.63, 3.8) is 0 Å². The molecule has 1 fully saturated rings. The van der Waals surface area contributed by atoms with Crippen molar-refractivity contribution in [2.75, 3.05) is 18.1 Å². The Morgan fingerprint density at radius 3 is 2.74 bits per heavy atom. The van der Waals surface area contributed by atoms with E-state index in [1.54, 1.807) is 6.92 Å². The topological polar surface area (TPSA) is 89.5 Å². The predicted molar refractivity (Wildman–Crippen MR) is 84.2 cm³/mol. The second kappa shape index (κ2) is 6.56. The second-order valence-electron chi connectivity index (χ2n) is 5.65. The molecular formula is C14H15BrFNO5S. The van der Waals surface area contributed by atoms with Crippen molar-refractivity contribution in [3.8, 4) is 0 Å². The van der Waals surface area contributed by atoms with E-state index >= 15 is 0 Å². The molecule has 0 saturated carbocycles. The summed E-state index contributed by atoms with van der Waals surface area (Å²) >= 11 is 3.11. The van der Waals surface area contributed by atoms with Crippen molar-refractivity contribution < 1.29 is 27.1 Å². The first-order chi connectivity index (χ1) is 10.6. The lowest BCUT2D eigenvalue weighted by molar-refractivity contribution is -0.125. The molecule has 0 bridgehead atoms. The maximum absolute atomic E-state index is 13.5. The summed E-state index contributed by atoms with van der Waals surface area (Å²) in [4.78, 5) is 23.6. The van der Waals surface area contributed by atoms with Crippen LogP contribution in [0, 0.1) is 5.82 Å². The van der Waals surface area contributed by atoms with Gasteiger partial charge in [0.1, 0.15) is 5.82 Å². The number of amides is 1. The van der Waals surface area contributed by atoms with Gasteiger partial charge in [-0.2, -0.15) is 0 Å². The predicted octanol–water partition coefficient (Wildman–Crippen LogP) is 1.44. The second-order valence-corrected chi connectivity index (χ2v) is 8.75. The molecule has 1 atom stereocenters. The van der Waals surface area contributed by atoms with Gasteiger partial charge in [0.15, 0.2) is 16.4 Å². The Morgan fingerprint density at radius 1 is 1.43 bits per heavy atom. The van der Waals surface area contributed by atoms with E-state index in [4.69, 9.17) is 4.74 Å². The van der Waals surface area contributed by atoms with E-state index in [-0.39, 0.29) is 17.1 Å². The van der Waals surface area contributed by atoms with Crippen molar-refractivity contribution in [2.45, 2.75) is 18.9 Å². The molecule has 126 valence electrons. The van der Waals surface area contributed by atoms with Gasteiger partial charge in [0.05, 0.1) is 22.6 Å². The van der Waals surface area contributed by atoms with Crippen LogP contribution in [0.2, 0.25) is 0 Å². The number of benzene rings is 1. The molecule has 1 saturated heterocycles. The number of carbonyl (C=O) groups is 2. The van der Waals surface area contributed by atoms with E-state index < -0.39 is 39.7 Å². The van der Waals surface area contributed by atoms with Gasteiger partial charge < -0.3 is 10.1 Å². The maximum atomic E-state index is 13.5. The zero-order chi connectivity index (χ0) is 17.3. The van der Waals surface area contributed by atoms with E-state index in [1.165, 1.54) is 12.1 Å². The molecule has 0 spiro atoms. The van der Waals surface area contributed by atoms with E-state index in [1.807, 2.05) is 0 Å². The number of carbonyl (C=O) groups excluding carboxylic acids is 2. The summed E-state index contributed by atoms with van der Waals surface area (Å²) in [5.41, 5.74) is -1.16. The molecule has 1 amide bonds. The number of sulfone groups is 1. The highest BCUT2D eigenvalue weighted by atomic mass is 79.9. The first kappa shape index (κ1) is 17.9. The van der Waals surface area contributed by atoms with Crippen LogP contribution in [0.3, 0.4) is 0 Å². The fraction of sp³-hybridized carbons (Fsp3) is 0.429. The van der Waals surface area contributed by atoms with Gasteiger partial charge in [-0.3, -0.25) is 4.79 Å². The normalized spacial score (nSPS) is 22.6. The van der Waals surface area contributed by atoms with Crippen LogP contribution in [-0.4, -0.2) is 43.9 Å². The van der Waals surface area contributed by atoms with Gasteiger partial charge in [0.25, 0.3) is 5.91 Å². The average Bonchev–Trinajstić information content (AvgIpc) is 2.72. The van der Waals surface area contributed by atoms with Crippen molar-refractivity contribution in [1.29, 1.82) is 0 Å². The summed E-state index contributed by atoms with van der Waals surface area (Å²) in [6.07, 6.45) is 0.301. The van der Waals surface area contributed by atoms with E-state index in [0.29, 0.717) is 10.9 Å². The Hall–Kier alpha value is -1.48. The number of halogens is 2. The molecular weight excluding hydrogens is 393 g/mol. The molecule has 1 aromatic rings. The quantitative estimate of drug-likeness (QED) is 0.762. The Bertz CT molecular complexity index is 752. The summed E-state index contributed by atoms with van der Waals surface area (Å²) in [6, 6.07) is 3.78. The van der Waals surface area contributed by atoms with Gasteiger partial charge in [-0.05, 0) is 31.5 Å². The molecule has 2 rings (SSSR count). The summed E-state index contributed by atoms with van der Waals surface area (Å²) in [5.74, 6) is -2.50. The van der Waals surface area contributed by atoms with Gasteiger partial charge in [-0.1, -0.05) is 15.9 Å². The highest BCUT2D eigenvalue weighted by molar-refractivity contribution is 9.10. The monoisotopic (exact) mass is 407 g/mol. The number of esters is 1. The number of rotatable bonds is 4. The molecule has 1 aliphatic heterocycles. The Labute approximate surface area is 141 Å². The molecule has 1 N–H and O–H groups in total. The zero-order valence-corrected chi connectivity index (χ0v) is 14.7. The highest BCUT2D eigenvalue weighted by Gasteiger charge is 2.39. The summed E-state index contributed by atoms with van der Waals surface area (Å²) in [6.45, 7) is 1.01. The average molecular weight is 408 g/mol. The van der Waals surface area contributed by atoms with Gasteiger partial charge in [-0.25, -0.2) is 17.6 Å². The number of nitrogens with one attached hydrogen (secondary N) is 1. The lowest BCUT2D eigenvalue weighted by atomic mass is 10.0. The SMILES string of the molecule is C[C@@]1(NC(=O)COC(=O)c2cc(Br)ccc2F)CCS(=O)(=O)C1. The van der Waals surface area contributed by atoms with Crippen LogP contribution in [0.25, 0.3) is 0 Å². The highest BCUT2D eigenvalue weighted by Crippen LogP contribution is 2.22. The van der Waals surface area contributed by atoms with Crippen molar-refractivity contribution in [1.82, 2.24) is 5.32 Å². The lowest BCUT2D eigenvalue weighted by Gasteiger charge is -2.23. The molecule has 0 aromatic heterocycles. The van der Waals surface area contributed by atoms with E-state index in [2.05, 4.69) is 21.2 Å². The first-order valence-corrected chi connectivity index (χ1v) is 9.35. The van der Waals surface area contributed by atoms with Crippen LogP contribution in [0.15, 0.2) is 22.7 Å². The van der Waals surface area contributed by atoms with Gasteiger partial charge in [0.2, 0.25) is 0 Å². The third-order valence-corrected chi connectivity index (χ3v) is 5.82. The molecule has 23 heavy (non-hydrogen) atoms. The molecule has 0 aliphatic carbocycles. The van der Waals surface area contributed by atoms with Crippen molar-refractivity contribution in [3.05, 3.63) is 34.1 Å². The minimum Gasteiger partial charge on any atom is -0.452 e. The number of hydrogen-bond acceptors (Lipinski definition) is 5. The van der Waals surface area contributed by atoms with Crippen LogP contribution in [0.1, 0.15) is 23.7 Å². The molecule has 0 radical (unpaired) electrons. The van der Waals surface area contributed by atoms with Gasteiger partial charge in [0, 0.05) is 4.47 Å². The van der Waals surface area contributed by atoms with Gasteiger partial charge in [-0.15, -0.1) is 0 Å². The summed E-state index contributed by atoms with van der Waals surface area (Å²) in [7, 11) is -3.16. The first-order valence-electron chi connectivity index (χ1n) is 6.74. The fourth-order valence-corrected chi connectivity index (χ4v) is 4.80. The van der Waals surface area contributed by atoms with Gasteiger partial charge >= 0.3 is 5.97 Å². The third kappa shape index (κ3) is 4.74. The standard InChI is InChI=1S/C14H15BrFNO5S/c1-14(4-5-23(20,21)8-14)17-12(18)7-22-13(19)10-6-9(15)2-3-11(10)16/h2-3,6H,4-5,7-8H2,1H3,(H,17,18)/t14-/m1/s1. The lowest BCUT2D eigenvalue weighted by Crippen LogP contribution is -2.48. The fourth-order valence-electron chi connectivity index (χ4n) is 2.34. The van der Waals surface area contributed by atoms with Crippen molar-refractivity contribution >= 4 is 37.6 Å². The Balaban J connectivity index is 1.92. The smallest absolute Gasteiger partial charge is 0.341 e. The molecule has 0 unspecified atom stereocenters. The Morgan fingerprint density at radius 2 is 2.13 bits per heavy atom. The van der Waals surface area contributed by atoms with Crippen molar-refractivity contribution in [2.24, 2.45) is 0 Å². The largest absolute Gasteiger partial charge is 0.452 e. The molecule has 1 heterocycles. The maximum Gasteiger partial charge on any atom is 0.341 e. The minimum atomic E-state index is -3.16. The van der Waals surface area contributed by atoms with E-state index in [9.17, 15) is 22.4 Å². The zero-order valence-electron chi connectivity index (χ0n) is 12.3. The van der Waals surface area contributed by atoms with E-state index in [0.717, 1.165) is 6.07 Å². The third-order valence-electron chi connectivity index (χ3n) is 3.43.